The average molecular weight is 408 g/mol. The van der Waals surface area contributed by atoms with Gasteiger partial charge in [0, 0.05) is 37.5 Å². The molecule has 2 amide bonds. The molecule has 0 aromatic heterocycles. The fourth-order valence-electron chi connectivity index (χ4n) is 3.11. The third-order valence-electron chi connectivity index (χ3n) is 4.64. The highest BCUT2D eigenvalue weighted by atomic mass is 35.5. The minimum Gasteiger partial charge on any atom is -0.444 e. The Labute approximate surface area is 170 Å². The highest BCUT2D eigenvalue weighted by molar-refractivity contribution is 6.30. The Morgan fingerprint density at radius 3 is 2.50 bits per heavy atom. The van der Waals surface area contributed by atoms with Crippen LogP contribution in [-0.4, -0.2) is 41.2 Å². The van der Waals surface area contributed by atoms with Gasteiger partial charge in [-0.25, -0.2) is 4.79 Å². The van der Waals surface area contributed by atoms with E-state index in [1.165, 1.54) is 0 Å². The maximum absolute atomic E-state index is 12.4. The highest BCUT2D eigenvalue weighted by Gasteiger charge is 2.41. The van der Waals surface area contributed by atoms with Gasteiger partial charge in [0.2, 0.25) is 0 Å². The van der Waals surface area contributed by atoms with Crippen molar-refractivity contribution in [2.24, 2.45) is 0 Å². The summed E-state index contributed by atoms with van der Waals surface area (Å²) in [5.74, 6) is -0.235. The van der Waals surface area contributed by atoms with Crippen LogP contribution in [0, 0.1) is 0 Å². The first-order valence-electron chi connectivity index (χ1n) is 9.33. The van der Waals surface area contributed by atoms with Crippen molar-refractivity contribution in [3.05, 3.63) is 46.6 Å². The summed E-state index contributed by atoms with van der Waals surface area (Å²) in [7, 11) is 0. The summed E-state index contributed by atoms with van der Waals surface area (Å²) in [4.78, 5) is 32.0. The zero-order chi connectivity index (χ0) is 20.4. The van der Waals surface area contributed by atoms with Gasteiger partial charge in [0.15, 0.2) is 0 Å². The van der Waals surface area contributed by atoms with Crippen LogP contribution in [0.3, 0.4) is 0 Å². The fourth-order valence-corrected chi connectivity index (χ4v) is 3.24. The molecule has 1 aromatic rings. The molecule has 0 aliphatic carbocycles. The highest BCUT2D eigenvalue weighted by Crippen LogP contribution is 2.32. The number of piperidine rings is 1. The number of carbonyl (C=O) groups is 2. The molecule has 1 fully saturated rings. The van der Waals surface area contributed by atoms with Gasteiger partial charge >= 0.3 is 6.09 Å². The van der Waals surface area contributed by atoms with Gasteiger partial charge in [-0.1, -0.05) is 23.7 Å². The molecule has 8 heteroatoms. The van der Waals surface area contributed by atoms with Gasteiger partial charge in [0.05, 0.1) is 0 Å². The van der Waals surface area contributed by atoms with E-state index in [0.29, 0.717) is 43.2 Å². The van der Waals surface area contributed by atoms with Crippen LogP contribution >= 0.6 is 11.6 Å². The number of hydroxylamine groups is 1. The van der Waals surface area contributed by atoms with Crippen LogP contribution in [0.15, 0.2) is 36.0 Å². The summed E-state index contributed by atoms with van der Waals surface area (Å²) in [6, 6.07) is 7.30. The first-order chi connectivity index (χ1) is 13.2. The van der Waals surface area contributed by atoms with E-state index in [1.807, 2.05) is 39.0 Å². The van der Waals surface area contributed by atoms with Crippen LogP contribution in [0.25, 0.3) is 0 Å². The number of ether oxygens (including phenoxy) is 1. The Morgan fingerprint density at radius 1 is 1.25 bits per heavy atom. The van der Waals surface area contributed by atoms with Crippen LogP contribution in [0.5, 0.6) is 0 Å². The molecule has 0 bridgehead atoms. The molecule has 0 atom stereocenters. The number of hydrogen-bond donors (Lipinski definition) is 2. The molecule has 0 radical (unpaired) electrons. The number of halogens is 1. The lowest BCUT2D eigenvalue weighted by atomic mass is 9.91. The lowest BCUT2D eigenvalue weighted by Gasteiger charge is -2.37. The lowest BCUT2D eigenvalue weighted by molar-refractivity contribution is -0.120. The third-order valence-corrected chi connectivity index (χ3v) is 4.90. The van der Waals surface area contributed by atoms with Crippen LogP contribution in [0.4, 0.5) is 4.79 Å². The smallest absolute Gasteiger partial charge is 0.410 e. The minimum absolute atomic E-state index is 0.235. The summed E-state index contributed by atoms with van der Waals surface area (Å²) in [5, 5.41) is 3.51. The number of nitrogens with zero attached hydrogens (tertiary/aromatic N) is 1. The molecule has 1 spiro atoms. The monoisotopic (exact) mass is 407 g/mol. The van der Waals surface area contributed by atoms with E-state index in [2.05, 4.69) is 10.8 Å². The number of nitrogens with one attached hydrogen (secondary N) is 2. The SMILES string of the molecule is CC(C)(C)OC(=O)N1CCC2(C=C(C(=O)NCc3ccc(Cl)cc3)NO2)CC1. The minimum atomic E-state index is -0.578. The number of benzene rings is 1. The van der Waals surface area contributed by atoms with Crippen molar-refractivity contribution in [1.82, 2.24) is 15.7 Å². The Bertz CT molecular complexity index is 763. The predicted molar refractivity (Wildman–Crippen MR) is 105 cm³/mol. The van der Waals surface area contributed by atoms with Crippen molar-refractivity contribution < 1.29 is 19.2 Å². The van der Waals surface area contributed by atoms with Gasteiger partial charge in [-0.3, -0.25) is 15.1 Å². The molecular weight excluding hydrogens is 382 g/mol. The molecule has 7 nitrogen and oxygen atoms in total. The molecule has 2 N–H and O–H groups in total. The van der Waals surface area contributed by atoms with Gasteiger partial charge in [-0.15, -0.1) is 0 Å². The number of hydrogen-bond acceptors (Lipinski definition) is 5. The van der Waals surface area contributed by atoms with Crippen molar-refractivity contribution in [1.29, 1.82) is 0 Å². The second kappa shape index (κ2) is 8.01. The number of rotatable bonds is 3. The molecule has 0 unspecified atom stereocenters. The Hall–Kier alpha value is -2.25. The number of carbonyl (C=O) groups excluding carboxylic acids is 2. The van der Waals surface area contributed by atoms with Crippen molar-refractivity contribution in [3.63, 3.8) is 0 Å². The molecule has 2 aliphatic heterocycles. The van der Waals surface area contributed by atoms with Crippen LogP contribution < -0.4 is 10.8 Å². The first-order valence-corrected chi connectivity index (χ1v) is 9.71. The summed E-state index contributed by atoms with van der Waals surface area (Å²) in [6.07, 6.45) is 2.68. The molecular formula is C20H26ClN3O4. The quantitative estimate of drug-likeness (QED) is 0.804. The van der Waals surface area contributed by atoms with E-state index >= 15 is 0 Å². The topological polar surface area (TPSA) is 79.9 Å². The summed E-state index contributed by atoms with van der Waals surface area (Å²) in [5.41, 5.74) is 2.98. The lowest BCUT2D eigenvalue weighted by Crippen LogP contribution is -2.48. The standard InChI is InChI=1S/C20H26ClN3O4/c1-19(2,3)27-18(26)24-10-8-20(9-11-24)12-16(23-28-20)17(25)22-13-14-4-6-15(21)7-5-14/h4-7,12,23H,8-11,13H2,1-3H3,(H,22,25). The predicted octanol–water partition coefficient (Wildman–Crippen LogP) is 3.14. The van der Waals surface area contributed by atoms with E-state index in [0.717, 1.165) is 5.56 Å². The summed E-state index contributed by atoms with van der Waals surface area (Å²) >= 11 is 5.87. The molecule has 0 saturated carbocycles. The molecule has 2 aliphatic rings. The Morgan fingerprint density at radius 2 is 1.89 bits per heavy atom. The molecule has 1 saturated heterocycles. The molecule has 1 aromatic carbocycles. The van der Waals surface area contributed by atoms with E-state index < -0.39 is 11.2 Å². The normalized spacial score (nSPS) is 18.4. The largest absolute Gasteiger partial charge is 0.444 e. The molecule has 3 rings (SSSR count). The second-order valence-electron chi connectivity index (χ2n) is 8.10. The van der Waals surface area contributed by atoms with E-state index in [1.54, 1.807) is 17.0 Å². The van der Waals surface area contributed by atoms with Gasteiger partial charge < -0.3 is 15.0 Å². The van der Waals surface area contributed by atoms with Gasteiger partial charge in [-0.05, 0) is 44.5 Å². The summed E-state index contributed by atoms with van der Waals surface area (Å²) < 4.78 is 5.41. The molecule has 28 heavy (non-hydrogen) atoms. The van der Waals surface area contributed by atoms with E-state index in [-0.39, 0.29) is 12.0 Å². The average Bonchev–Trinajstić information content (AvgIpc) is 3.04. The van der Waals surface area contributed by atoms with Gasteiger partial charge in [0.25, 0.3) is 5.91 Å². The number of amides is 2. The van der Waals surface area contributed by atoms with Crippen molar-refractivity contribution in [3.8, 4) is 0 Å². The second-order valence-corrected chi connectivity index (χ2v) is 8.54. The van der Waals surface area contributed by atoms with Gasteiger partial charge in [-0.2, -0.15) is 0 Å². The third kappa shape index (κ3) is 5.17. The fraction of sp³-hybridized carbons (Fsp3) is 0.500. The van der Waals surface area contributed by atoms with Crippen molar-refractivity contribution in [2.75, 3.05) is 13.1 Å². The maximum Gasteiger partial charge on any atom is 0.410 e. The Balaban J connectivity index is 1.52. The van der Waals surface area contributed by atoms with Crippen LogP contribution in [-0.2, 0) is 20.9 Å². The molecule has 2 heterocycles. The van der Waals surface area contributed by atoms with Crippen molar-refractivity contribution in [2.45, 2.75) is 51.4 Å². The number of likely N-dealkylation sites (tertiary alicyclic amines) is 1. The van der Waals surface area contributed by atoms with Gasteiger partial charge in [0.1, 0.15) is 16.9 Å². The summed E-state index contributed by atoms with van der Waals surface area (Å²) in [6.45, 7) is 6.95. The van der Waals surface area contributed by atoms with E-state index in [4.69, 9.17) is 21.2 Å². The Kier molecular flexibility index (Phi) is 5.86. The van der Waals surface area contributed by atoms with Crippen LogP contribution in [0.1, 0.15) is 39.2 Å². The van der Waals surface area contributed by atoms with Crippen LogP contribution in [0.2, 0.25) is 5.02 Å². The maximum atomic E-state index is 12.4. The zero-order valence-corrected chi connectivity index (χ0v) is 17.1. The molecule has 152 valence electrons. The van der Waals surface area contributed by atoms with Crippen molar-refractivity contribution >= 4 is 23.6 Å². The zero-order valence-electron chi connectivity index (χ0n) is 16.4. The van der Waals surface area contributed by atoms with E-state index in [9.17, 15) is 9.59 Å². The first kappa shape index (κ1) is 20.5.